The minimum atomic E-state index is 0.855. The van der Waals surface area contributed by atoms with Crippen LogP contribution in [-0.2, 0) is 0 Å². The molecule has 0 aliphatic heterocycles. The first kappa shape index (κ1) is 11.5. The van der Waals surface area contributed by atoms with Crippen LogP contribution >= 0.6 is 15.9 Å². The van der Waals surface area contributed by atoms with Crippen LogP contribution in [-0.4, -0.2) is 30.4 Å². The predicted octanol–water partition coefficient (Wildman–Crippen LogP) is 3.14. The number of rotatable bonds is 7. The first-order chi connectivity index (χ1) is 6.26. The van der Waals surface area contributed by atoms with Crippen LogP contribution < -0.4 is 0 Å². The summed E-state index contributed by atoms with van der Waals surface area (Å²) >= 11 is 3.60. The molecular weight excluding hydrogens is 226 g/mol. The molecular formula is C11H22BrN. The molecule has 0 aromatic carbocycles. The second-order valence-electron chi connectivity index (χ2n) is 4.47. The summed E-state index contributed by atoms with van der Waals surface area (Å²) in [5.41, 5.74) is 0. The average molecular weight is 248 g/mol. The predicted molar refractivity (Wildman–Crippen MR) is 62.4 cm³/mol. The molecule has 0 amide bonds. The highest BCUT2D eigenvalue weighted by Crippen LogP contribution is 2.29. The zero-order valence-electron chi connectivity index (χ0n) is 8.93. The third kappa shape index (κ3) is 5.02. The van der Waals surface area contributed by atoms with Gasteiger partial charge in [0.1, 0.15) is 0 Å². The van der Waals surface area contributed by atoms with E-state index in [-0.39, 0.29) is 0 Å². The minimum Gasteiger partial charge on any atom is -0.306 e. The number of hydrogen-bond acceptors (Lipinski definition) is 1. The maximum absolute atomic E-state index is 3.60. The molecule has 78 valence electrons. The Hall–Kier alpha value is 0.440. The van der Waals surface area contributed by atoms with Gasteiger partial charge in [-0.2, -0.15) is 0 Å². The van der Waals surface area contributed by atoms with E-state index >= 15 is 0 Å². The van der Waals surface area contributed by atoms with E-state index in [9.17, 15) is 0 Å². The molecule has 1 saturated carbocycles. The Kier molecular flexibility index (Phi) is 5.34. The molecule has 1 aliphatic carbocycles. The van der Waals surface area contributed by atoms with Crippen molar-refractivity contribution in [3.63, 3.8) is 0 Å². The number of halogens is 1. The van der Waals surface area contributed by atoms with Gasteiger partial charge in [-0.1, -0.05) is 29.3 Å². The lowest BCUT2D eigenvalue weighted by Gasteiger charge is -2.22. The van der Waals surface area contributed by atoms with Gasteiger partial charge in [-0.05, 0) is 38.1 Å². The van der Waals surface area contributed by atoms with E-state index in [4.69, 9.17) is 0 Å². The van der Waals surface area contributed by atoms with E-state index in [1.807, 2.05) is 0 Å². The second-order valence-corrected chi connectivity index (χ2v) is 5.12. The van der Waals surface area contributed by atoms with Crippen molar-refractivity contribution in [3.8, 4) is 0 Å². The molecule has 0 heterocycles. The Bertz CT molecular complexity index is 134. The molecule has 0 saturated heterocycles. The first-order valence-corrected chi connectivity index (χ1v) is 6.62. The molecule has 0 bridgehead atoms. The quantitative estimate of drug-likeness (QED) is 0.625. The monoisotopic (exact) mass is 247 g/mol. The van der Waals surface area contributed by atoms with Gasteiger partial charge >= 0.3 is 0 Å². The van der Waals surface area contributed by atoms with Crippen LogP contribution in [0, 0.1) is 11.8 Å². The summed E-state index contributed by atoms with van der Waals surface area (Å²) in [5, 5.41) is 1.16. The molecule has 0 N–H and O–H groups in total. The van der Waals surface area contributed by atoms with Crippen molar-refractivity contribution >= 4 is 15.9 Å². The Balaban J connectivity index is 2.10. The summed E-state index contributed by atoms with van der Waals surface area (Å²) in [4.78, 5) is 2.51. The van der Waals surface area contributed by atoms with Gasteiger partial charge in [0, 0.05) is 18.4 Å². The molecule has 2 heteroatoms. The van der Waals surface area contributed by atoms with Gasteiger partial charge in [0.25, 0.3) is 0 Å². The largest absolute Gasteiger partial charge is 0.306 e. The zero-order chi connectivity index (χ0) is 9.68. The summed E-state index contributed by atoms with van der Waals surface area (Å²) in [6, 6.07) is 0. The number of alkyl halides is 1. The summed E-state index contributed by atoms with van der Waals surface area (Å²) in [6.07, 6.45) is 5.61. The van der Waals surface area contributed by atoms with E-state index in [0.717, 1.165) is 17.2 Å². The lowest BCUT2D eigenvalue weighted by atomic mass is 10.1. The highest BCUT2D eigenvalue weighted by Gasteiger charge is 2.23. The fraction of sp³-hybridized carbons (Fsp3) is 1.00. The van der Waals surface area contributed by atoms with Crippen molar-refractivity contribution in [2.24, 2.45) is 11.8 Å². The van der Waals surface area contributed by atoms with Crippen LogP contribution in [0.3, 0.4) is 0 Å². The molecule has 1 fully saturated rings. The second kappa shape index (κ2) is 6.02. The van der Waals surface area contributed by atoms with E-state index in [1.165, 1.54) is 38.8 Å². The molecule has 1 nitrogen and oxygen atoms in total. The summed E-state index contributed by atoms with van der Waals surface area (Å²) in [7, 11) is 2.27. The van der Waals surface area contributed by atoms with Crippen molar-refractivity contribution in [3.05, 3.63) is 0 Å². The van der Waals surface area contributed by atoms with Gasteiger partial charge in [-0.3, -0.25) is 0 Å². The van der Waals surface area contributed by atoms with Crippen LogP contribution in [0.4, 0.5) is 0 Å². The van der Waals surface area contributed by atoms with Gasteiger partial charge in [0.2, 0.25) is 0 Å². The smallest absolute Gasteiger partial charge is 0.00718 e. The fourth-order valence-electron chi connectivity index (χ4n) is 1.88. The van der Waals surface area contributed by atoms with E-state index < -0.39 is 0 Å². The van der Waals surface area contributed by atoms with Gasteiger partial charge in [-0.15, -0.1) is 0 Å². The minimum absolute atomic E-state index is 0.855. The molecule has 0 aromatic rings. The highest BCUT2D eigenvalue weighted by molar-refractivity contribution is 9.09. The number of nitrogens with zero attached hydrogens (tertiary/aromatic N) is 1. The third-order valence-corrected chi connectivity index (χ3v) is 3.67. The maximum atomic E-state index is 3.60. The maximum Gasteiger partial charge on any atom is 0.00718 e. The lowest BCUT2D eigenvalue weighted by Crippen LogP contribution is -2.28. The van der Waals surface area contributed by atoms with Gasteiger partial charge in [0.05, 0.1) is 0 Å². The lowest BCUT2D eigenvalue weighted by molar-refractivity contribution is 0.271. The standard InChI is InChI=1S/C11H22BrN/c1-3-4-11(7-12)9-13(2)8-10-5-6-10/h10-11H,3-9H2,1-2H3. The topological polar surface area (TPSA) is 3.24 Å². The van der Waals surface area contributed by atoms with E-state index in [0.29, 0.717) is 0 Å². The van der Waals surface area contributed by atoms with E-state index in [2.05, 4.69) is 34.8 Å². The molecule has 0 spiro atoms. The fourth-order valence-corrected chi connectivity index (χ4v) is 2.41. The Morgan fingerprint density at radius 1 is 1.46 bits per heavy atom. The zero-order valence-corrected chi connectivity index (χ0v) is 10.5. The van der Waals surface area contributed by atoms with Crippen molar-refractivity contribution < 1.29 is 0 Å². The van der Waals surface area contributed by atoms with Crippen LogP contribution in [0.15, 0.2) is 0 Å². The molecule has 0 radical (unpaired) electrons. The number of hydrogen-bond donors (Lipinski definition) is 0. The third-order valence-electron chi connectivity index (χ3n) is 2.75. The van der Waals surface area contributed by atoms with Gasteiger partial charge in [0.15, 0.2) is 0 Å². The van der Waals surface area contributed by atoms with Gasteiger partial charge < -0.3 is 4.90 Å². The van der Waals surface area contributed by atoms with Crippen LogP contribution in [0.2, 0.25) is 0 Å². The van der Waals surface area contributed by atoms with Crippen LogP contribution in [0.1, 0.15) is 32.6 Å². The summed E-state index contributed by atoms with van der Waals surface area (Å²) in [5.74, 6) is 1.89. The van der Waals surface area contributed by atoms with Crippen molar-refractivity contribution in [2.45, 2.75) is 32.6 Å². The summed E-state index contributed by atoms with van der Waals surface area (Å²) in [6.45, 7) is 4.87. The highest BCUT2D eigenvalue weighted by atomic mass is 79.9. The van der Waals surface area contributed by atoms with Crippen molar-refractivity contribution in [1.29, 1.82) is 0 Å². The SMILES string of the molecule is CCCC(CBr)CN(C)CC1CC1. The first-order valence-electron chi connectivity index (χ1n) is 5.50. The average Bonchev–Trinajstić information content (AvgIpc) is 2.87. The van der Waals surface area contributed by atoms with Crippen LogP contribution in [0.25, 0.3) is 0 Å². The molecule has 1 rings (SSSR count). The molecule has 0 aromatic heterocycles. The van der Waals surface area contributed by atoms with Gasteiger partial charge in [-0.25, -0.2) is 0 Å². The van der Waals surface area contributed by atoms with E-state index in [1.54, 1.807) is 0 Å². The molecule has 1 unspecified atom stereocenters. The Labute approximate surface area is 91.0 Å². The van der Waals surface area contributed by atoms with Crippen molar-refractivity contribution in [1.82, 2.24) is 4.90 Å². The molecule has 1 atom stereocenters. The van der Waals surface area contributed by atoms with Crippen molar-refractivity contribution in [2.75, 3.05) is 25.5 Å². The Morgan fingerprint density at radius 3 is 2.62 bits per heavy atom. The summed E-state index contributed by atoms with van der Waals surface area (Å²) < 4.78 is 0. The van der Waals surface area contributed by atoms with Crippen LogP contribution in [0.5, 0.6) is 0 Å². The normalized spacial score (nSPS) is 19.4. The molecule has 13 heavy (non-hydrogen) atoms. The molecule has 1 aliphatic rings. The Morgan fingerprint density at radius 2 is 2.15 bits per heavy atom.